The van der Waals surface area contributed by atoms with Gasteiger partial charge in [0, 0.05) is 6.07 Å². The van der Waals surface area contributed by atoms with Crippen molar-refractivity contribution >= 4 is 22.1 Å². The number of carbonyl (C=O) groups is 1. The van der Waals surface area contributed by atoms with Crippen molar-refractivity contribution in [2.24, 2.45) is 0 Å². The molecular formula is C13H15BrN2O2. The Balaban J connectivity index is 2.30. The van der Waals surface area contributed by atoms with Crippen molar-refractivity contribution < 1.29 is 4.79 Å². The smallest absolute Gasteiger partial charge is 0.278 e. The zero-order valence-electron chi connectivity index (χ0n) is 10.3. The standard InChI is InChI=1S/C13H15BrN2O2/c1-9-5-6-10(17)15-11(9)12(18)16(14)13(15)7-3-2-4-8-13/h5-6H,2-4,7-8H2,1H3. The van der Waals surface area contributed by atoms with Gasteiger partial charge < -0.3 is 0 Å². The van der Waals surface area contributed by atoms with E-state index in [0.717, 1.165) is 31.2 Å². The molecule has 0 aromatic carbocycles. The Kier molecular flexibility index (Phi) is 2.62. The van der Waals surface area contributed by atoms with E-state index in [-0.39, 0.29) is 11.5 Å². The average Bonchev–Trinajstić information content (AvgIpc) is 2.59. The number of amides is 1. The lowest BCUT2D eigenvalue weighted by molar-refractivity contribution is 0.0616. The van der Waals surface area contributed by atoms with Crippen LogP contribution in [0.25, 0.3) is 0 Å². The number of halogens is 1. The number of aromatic nitrogens is 1. The molecular weight excluding hydrogens is 296 g/mol. The van der Waals surface area contributed by atoms with Gasteiger partial charge in [0.05, 0.1) is 16.1 Å². The number of nitrogens with zero attached hydrogens (tertiary/aromatic N) is 2. The molecule has 0 saturated heterocycles. The van der Waals surface area contributed by atoms with Crippen LogP contribution in [0.15, 0.2) is 16.9 Å². The molecule has 1 aromatic rings. The third-order valence-corrected chi connectivity index (χ3v) is 5.09. The molecule has 0 radical (unpaired) electrons. The normalized spacial score (nSPS) is 21.4. The summed E-state index contributed by atoms with van der Waals surface area (Å²) in [6, 6.07) is 3.30. The summed E-state index contributed by atoms with van der Waals surface area (Å²) in [5.74, 6) is -0.0906. The molecule has 0 bridgehead atoms. The molecule has 4 nitrogen and oxygen atoms in total. The molecule has 5 heteroatoms. The van der Waals surface area contributed by atoms with E-state index in [1.165, 1.54) is 6.42 Å². The second kappa shape index (κ2) is 3.95. The summed E-state index contributed by atoms with van der Waals surface area (Å²) in [6.45, 7) is 1.88. The maximum atomic E-state index is 12.4. The fourth-order valence-corrected chi connectivity index (χ4v) is 3.90. The lowest BCUT2D eigenvalue weighted by Crippen LogP contribution is -2.46. The zero-order chi connectivity index (χ0) is 12.9. The summed E-state index contributed by atoms with van der Waals surface area (Å²) >= 11 is 3.40. The second-order valence-corrected chi connectivity index (χ2v) is 5.88. The van der Waals surface area contributed by atoms with Gasteiger partial charge in [-0.2, -0.15) is 0 Å². The topological polar surface area (TPSA) is 42.3 Å². The van der Waals surface area contributed by atoms with E-state index in [2.05, 4.69) is 16.1 Å². The summed E-state index contributed by atoms with van der Waals surface area (Å²) in [7, 11) is 0. The monoisotopic (exact) mass is 310 g/mol. The molecule has 0 unspecified atom stereocenters. The first-order valence-electron chi connectivity index (χ1n) is 6.31. The maximum absolute atomic E-state index is 12.4. The predicted octanol–water partition coefficient (Wildman–Crippen LogP) is 2.54. The predicted molar refractivity (Wildman–Crippen MR) is 71.6 cm³/mol. The Morgan fingerprint density at radius 1 is 1.17 bits per heavy atom. The van der Waals surface area contributed by atoms with Gasteiger partial charge in [0.15, 0.2) is 0 Å². The molecule has 1 amide bonds. The molecule has 1 aromatic heterocycles. The first-order valence-corrected chi connectivity index (χ1v) is 7.02. The van der Waals surface area contributed by atoms with E-state index < -0.39 is 5.66 Å². The highest BCUT2D eigenvalue weighted by Crippen LogP contribution is 2.44. The van der Waals surface area contributed by atoms with Crippen LogP contribution in [0.1, 0.15) is 48.2 Å². The van der Waals surface area contributed by atoms with Crippen LogP contribution in [0.5, 0.6) is 0 Å². The highest BCUT2D eigenvalue weighted by Gasteiger charge is 2.50. The molecule has 1 fully saturated rings. The Morgan fingerprint density at radius 2 is 1.83 bits per heavy atom. The van der Waals surface area contributed by atoms with E-state index >= 15 is 0 Å². The van der Waals surface area contributed by atoms with E-state index in [4.69, 9.17) is 0 Å². The van der Waals surface area contributed by atoms with Crippen molar-refractivity contribution in [1.82, 2.24) is 8.49 Å². The third kappa shape index (κ3) is 1.37. The minimum atomic E-state index is -0.478. The van der Waals surface area contributed by atoms with Crippen molar-refractivity contribution in [2.75, 3.05) is 0 Å². The fourth-order valence-electron chi connectivity index (χ4n) is 3.22. The summed E-state index contributed by atoms with van der Waals surface area (Å²) in [4.78, 5) is 24.6. The molecule has 1 saturated carbocycles. The number of fused-ring (bicyclic) bond motifs is 2. The largest absolute Gasteiger partial charge is 0.282 e. The third-order valence-electron chi connectivity index (χ3n) is 4.11. The van der Waals surface area contributed by atoms with Crippen molar-refractivity contribution in [3.05, 3.63) is 33.7 Å². The number of aryl methyl sites for hydroxylation is 1. The Labute approximate surface area is 114 Å². The maximum Gasteiger partial charge on any atom is 0.282 e. The van der Waals surface area contributed by atoms with Gasteiger partial charge >= 0.3 is 0 Å². The highest BCUT2D eigenvalue weighted by molar-refractivity contribution is 9.07. The lowest BCUT2D eigenvalue weighted by Gasteiger charge is -2.38. The summed E-state index contributed by atoms with van der Waals surface area (Å²) in [5, 5.41) is 0. The van der Waals surface area contributed by atoms with Crippen molar-refractivity contribution in [3.8, 4) is 0 Å². The molecule has 2 aliphatic rings. The van der Waals surface area contributed by atoms with E-state index in [9.17, 15) is 9.59 Å². The van der Waals surface area contributed by atoms with Crippen molar-refractivity contribution in [1.29, 1.82) is 0 Å². The number of carbonyl (C=O) groups excluding carboxylic acids is 1. The SMILES string of the molecule is Cc1ccc(=O)n2c1C(=O)N(Br)C21CCCCC1. The number of pyridine rings is 1. The Bertz CT molecular complexity index is 573. The van der Waals surface area contributed by atoms with Crippen LogP contribution >= 0.6 is 16.1 Å². The molecule has 0 atom stereocenters. The zero-order valence-corrected chi connectivity index (χ0v) is 11.9. The van der Waals surface area contributed by atoms with Gasteiger partial charge in [-0.3, -0.25) is 14.2 Å². The number of hydrogen-bond donors (Lipinski definition) is 0. The van der Waals surface area contributed by atoms with Crippen LogP contribution in [-0.2, 0) is 5.66 Å². The van der Waals surface area contributed by atoms with Crippen LogP contribution in [0.2, 0.25) is 0 Å². The lowest BCUT2D eigenvalue weighted by atomic mass is 9.89. The van der Waals surface area contributed by atoms with Gasteiger partial charge in [-0.05, 0) is 38.2 Å². The summed E-state index contributed by atoms with van der Waals surface area (Å²) in [6.07, 6.45) is 4.97. The van der Waals surface area contributed by atoms with Gasteiger partial charge in [-0.25, -0.2) is 3.93 Å². The van der Waals surface area contributed by atoms with Gasteiger partial charge in [0.2, 0.25) is 0 Å². The van der Waals surface area contributed by atoms with Crippen LogP contribution < -0.4 is 5.56 Å². The molecule has 18 heavy (non-hydrogen) atoms. The highest BCUT2D eigenvalue weighted by atomic mass is 79.9. The van der Waals surface area contributed by atoms with Gasteiger partial charge in [0.25, 0.3) is 11.5 Å². The molecule has 2 heterocycles. The summed E-state index contributed by atoms with van der Waals surface area (Å²) < 4.78 is 3.31. The van der Waals surface area contributed by atoms with Crippen LogP contribution in [0.3, 0.4) is 0 Å². The molecule has 0 N–H and O–H groups in total. The van der Waals surface area contributed by atoms with Crippen LogP contribution in [0, 0.1) is 6.92 Å². The average molecular weight is 311 g/mol. The quantitative estimate of drug-likeness (QED) is 0.691. The minimum absolute atomic E-state index is 0.0761. The Hall–Kier alpha value is -1.10. The molecule has 96 valence electrons. The number of hydrogen-bond acceptors (Lipinski definition) is 2. The second-order valence-electron chi connectivity index (χ2n) is 5.17. The van der Waals surface area contributed by atoms with Gasteiger partial charge in [-0.1, -0.05) is 12.5 Å². The van der Waals surface area contributed by atoms with Crippen LogP contribution in [0.4, 0.5) is 0 Å². The molecule has 1 spiro atoms. The van der Waals surface area contributed by atoms with Gasteiger partial charge in [0.1, 0.15) is 11.4 Å². The Morgan fingerprint density at radius 3 is 2.50 bits per heavy atom. The van der Waals surface area contributed by atoms with Crippen LogP contribution in [-0.4, -0.2) is 14.4 Å². The van der Waals surface area contributed by atoms with Gasteiger partial charge in [-0.15, -0.1) is 0 Å². The number of rotatable bonds is 0. The minimum Gasteiger partial charge on any atom is -0.278 e. The first-order chi connectivity index (χ1) is 8.58. The van der Waals surface area contributed by atoms with E-state index in [1.54, 1.807) is 20.6 Å². The van der Waals surface area contributed by atoms with E-state index in [1.807, 2.05) is 6.92 Å². The summed E-state index contributed by atoms with van der Waals surface area (Å²) in [5.41, 5.74) is 0.855. The van der Waals surface area contributed by atoms with Crippen molar-refractivity contribution in [2.45, 2.75) is 44.7 Å². The molecule has 1 aliphatic carbocycles. The van der Waals surface area contributed by atoms with E-state index in [0.29, 0.717) is 5.69 Å². The molecule has 3 rings (SSSR count). The fraction of sp³-hybridized carbons (Fsp3) is 0.538. The first kappa shape index (κ1) is 12.0. The van der Waals surface area contributed by atoms with Crippen molar-refractivity contribution in [3.63, 3.8) is 0 Å². The molecule has 1 aliphatic heterocycles.